The molecule has 0 saturated heterocycles. The lowest BCUT2D eigenvalue weighted by Crippen LogP contribution is -2.41. The number of carbonyl (C=O) groups excluding carboxylic acids is 1. The minimum absolute atomic E-state index is 0.0955. The number of amides is 1. The average Bonchev–Trinajstić information content (AvgIpc) is 3.27. The number of hydrogen-bond acceptors (Lipinski definition) is 6. The Hall–Kier alpha value is -2.77. The minimum atomic E-state index is -0.995. The number of carboxylic acids is 1. The zero-order valence-corrected chi connectivity index (χ0v) is 13.0. The van der Waals surface area contributed by atoms with Crippen LogP contribution in [0.1, 0.15) is 31.6 Å². The van der Waals surface area contributed by atoms with Gasteiger partial charge in [-0.2, -0.15) is 4.98 Å². The summed E-state index contributed by atoms with van der Waals surface area (Å²) in [4.78, 5) is 31.4. The van der Waals surface area contributed by atoms with E-state index in [1.165, 1.54) is 0 Å². The van der Waals surface area contributed by atoms with Crippen LogP contribution >= 0.6 is 0 Å². The number of carboxylic acid groups (broad SMARTS) is 1. The first-order chi connectivity index (χ1) is 11.6. The van der Waals surface area contributed by atoms with E-state index < -0.39 is 12.0 Å². The predicted octanol–water partition coefficient (Wildman–Crippen LogP) is 1.43. The molecule has 1 saturated carbocycles. The summed E-state index contributed by atoms with van der Waals surface area (Å²) < 4.78 is 5.10. The van der Waals surface area contributed by atoms with Crippen LogP contribution < -0.4 is 5.32 Å². The summed E-state index contributed by atoms with van der Waals surface area (Å²) in [5.41, 5.74) is 0.590. The summed E-state index contributed by atoms with van der Waals surface area (Å²) in [6.45, 7) is 0. The molecule has 1 atom stereocenters. The van der Waals surface area contributed by atoms with E-state index in [2.05, 4.69) is 20.4 Å². The summed E-state index contributed by atoms with van der Waals surface area (Å²) >= 11 is 0. The molecule has 0 aromatic carbocycles. The highest BCUT2D eigenvalue weighted by molar-refractivity contribution is 5.83. The highest BCUT2D eigenvalue weighted by Crippen LogP contribution is 2.33. The molecule has 1 amide bonds. The molecule has 1 unspecified atom stereocenters. The van der Waals surface area contributed by atoms with Gasteiger partial charge < -0.3 is 14.9 Å². The fraction of sp³-hybridized carbons (Fsp3) is 0.438. The summed E-state index contributed by atoms with van der Waals surface area (Å²) in [7, 11) is 0. The van der Waals surface area contributed by atoms with Crippen molar-refractivity contribution in [2.24, 2.45) is 5.92 Å². The van der Waals surface area contributed by atoms with Gasteiger partial charge in [-0.3, -0.25) is 9.78 Å². The lowest BCUT2D eigenvalue weighted by atomic mass is 10.1. The van der Waals surface area contributed by atoms with Crippen molar-refractivity contribution in [3.8, 4) is 11.5 Å². The highest BCUT2D eigenvalue weighted by Gasteiger charge is 2.30. The third-order valence-electron chi connectivity index (χ3n) is 3.83. The third kappa shape index (κ3) is 4.37. The predicted molar refractivity (Wildman–Crippen MR) is 82.8 cm³/mol. The second-order valence-electron chi connectivity index (χ2n) is 5.86. The molecule has 2 aromatic rings. The van der Waals surface area contributed by atoms with Crippen LogP contribution in [0.3, 0.4) is 0 Å². The van der Waals surface area contributed by atoms with Gasteiger partial charge in [-0.1, -0.05) is 24.1 Å². The van der Waals surface area contributed by atoms with Crippen molar-refractivity contribution in [3.05, 3.63) is 30.3 Å². The first kappa shape index (κ1) is 16.1. The Labute approximate surface area is 138 Å². The minimum Gasteiger partial charge on any atom is -0.480 e. The van der Waals surface area contributed by atoms with Crippen LogP contribution in [0.4, 0.5) is 0 Å². The Balaban J connectivity index is 1.50. The smallest absolute Gasteiger partial charge is 0.326 e. The molecule has 0 spiro atoms. The lowest BCUT2D eigenvalue weighted by Gasteiger charge is -2.13. The van der Waals surface area contributed by atoms with E-state index >= 15 is 0 Å². The molecule has 2 aromatic heterocycles. The number of aliphatic carboxylic acids is 1. The number of hydrogen-bond donors (Lipinski definition) is 2. The summed E-state index contributed by atoms with van der Waals surface area (Å²) in [6.07, 6.45) is 4.55. The van der Waals surface area contributed by atoms with Gasteiger partial charge in [0.15, 0.2) is 0 Å². The Kier molecular flexibility index (Phi) is 4.83. The first-order valence-corrected chi connectivity index (χ1v) is 7.88. The zero-order chi connectivity index (χ0) is 16.9. The van der Waals surface area contributed by atoms with E-state index in [9.17, 15) is 9.59 Å². The second-order valence-corrected chi connectivity index (χ2v) is 5.86. The lowest BCUT2D eigenvalue weighted by molar-refractivity contribution is -0.142. The summed E-state index contributed by atoms with van der Waals surface area (Å²) in [5, 5.41) is 15.5. The van der Waals surface area contributed by atoms with Crippen molar-refractivity contribution < 1.29 is 19.2 Å². The Morgan fingerprint density at radius 2 is 2.21 bits per heavy atom. The van der Waals surface area contributed by atoms with E-state index in [1.807, 2.05) is 6.07 Å². The molecular weight excluding hydrogens is 312 g/mol. The monoisotopic (exact) mass is 330 g/mol. The average molecular weight is 330 g/mol. The van der Waals surface area contributed by atoms with Gasteiger partial charge in [-0.05, 0) is 24.5 Å². The molecule has 1 fully saturated rings. The van der Waals surface area contributed by atoms with E-state index in [0.717, 1.165) is 12.8 Å². The van der Waals surface area contributed by atoms with Crippen molar-refractivity contribution in [2.45, 2.75) is 38.1 Å². The maximum absolute atomic E-state index is 11.9. The van der Waals surface area contributed by atoms with Crippen molar-refractivity contribution in [2.75, 3.05) is 0 Å². The van der Waals surface area contributed by atoms with Gasteiger partial charge in [0.1, 0.15) is 11.7 Å². The van der Waals surface area contributed by atoms with Gasteiger partial charge in [0.05, 0.1) is 0 Å². The Morgan fingerprint density at radius 3 is 2.88 bits per heavy atom. The standard InChI is InChI=1S/C16H18N4O4/c21-13(18-12(16(22)23)9-10-4-5-10)6-7-14-19-15(20-24-14)11-3-1-2-8-17-11/h1-3,8,10,12H,4-7,9H2,(H,18,21)(H,22,23). The number of nitrogens with one attached hydrogen (secondary N) is 1. The normalized spacial score (nSPS) is 15.0. The molecule has 24 heavy (non-hydrogen) atoms. The van der Waals surface area contributed by atoms with E-state index in [0.29, 0.717) is 29.7 Å². The SMILES string of the molecule is O=C(CCc1nc(-c2ccccn2)no1)NC(CC1CC1)C(=O)O. The van der Waals surface area contributed by atoms with Crippen LogP contribution in [0.25, 0.3) is 11.5 Å². The largest absolute Gasteiger partial charge is 0.480 e. The van der Waals surface area contributed by atoms with Crippen molar-refractivity contribution in [1.82, 2.24) is 20.4 Å². The fourth-order valence-electron chi connectivity index (χ4n) is 2.35. The highest BCUT2D eigenvalue weighted by atomic mass is 16.5. The second kappa shape index (κ2) is 7.20. The molecule has 1 aliphatic rings. The third-order valence-corrected chi connectivity index (χ3v) is 3.83. The quantitative estimate of drug-likeness (QED) is 0.751. The Morgan fingerprint density at radius 1 is 1.38 bits per heavy atom. The molecule has 3 rings (SSSR count). The van der Waals surface area contributed by atoms with Crippen LogP contribution in [0.2, 0.25) is 0 Å². The topological polar surface area (TPSA) is 118 Å². The number of carbonyl (C=O) groups is 2. The van der Waals surface area contributed by atoms with Crippen LogP contribution in [-0.2, 0) is 16.0 Å². The molecule has 126 valence electrons. The van der Waals surface area contributed by atoms with Crippen molar-refractivity contribution >= 4 is 11.9 Å². The van der Waals surface area contributed by atoms with E-state index in [-0.39, 0.29) is 18.7 Å². The summed E-state index contributed by atoms with van der Waals surface area (Å²) in [5.74, 6) is -0.225. The molecule has 0 radical (unpaired) electrons. The first-order valence-electron chi connectivity index (χ1n) is 7.88. The molecule has 2 N–H and O–H groups in total. The maximum atomic E-state index is 11.9. The summed E-state index contributed by atoms with van der Waals surface area (Å²) in [6, 6.07) is 4.54. The molecule has 1 aliphatic carbocycles. The number of nitrogens with zero attached hydrogens (tertiary/aromatic N) is 3. The van der Waals surface area contributed by atoms with Gasteiger partial charge in [-0.15, -0.1) is 0 Å². The van der Waals surface area contributed by atoms with Gasteiger partial charge >= 0.3 is 5.97 Å². The fourth-order valence-corrected chi connectivity index (χ4v) is 2.35. The van der Waals surface area contributed by atoms with Crippen molar-refractivity contribution in [3.63, 3.8) is 0 Å². The Bertz CT molecular complexity index is 712. The van der Waals surface area contributed by atoms with Gasteiger partial charge in [0, 0.05) is 19.0 Å². The number of rotatable bonds is 8. The van der Waals surface area contributed by atoms with Gasteiger partial charge in [-0.25, -0.2) is 4.79 Å². The van der Waals surface area contributed by atoms with E-state index in [1.54, 1.807) is 18.3 Å². The number of aromatic nitrogens is 3. The number of pyridine rings is 1. The van der Waals surface area contributed by atoms with Crippen LogP contribution in [0.15, 0.2) is 28.9 Å². The zero-order valence-electron chi connectivity index (χ0n) is 13.0. The van der Waals surface area contributed by atoms with Crippen LogP contribution in [-0.4, -0.2) is 38.1 Å². The number of aryl methyl sites for hydroxylation is 1. The van der Waals surface area contributed by atoms with Gasteiger partial charge in [0.2, 0.25) is 17.6 Å². The van der Waals surface area contributed by atoms with Crippen LogP contribution in [0.5, 0.6) is 0 Å². The molecule has 8 heteroatoms. The molecule has 8 nitrogen and oxygen atoms in total. The van der Waals surface area contributed by atoms with Gasteiger partial charge in [0.25, 0.3) is 0 Å². The van der Waals surface area contributed by atoms with E-state index in [4.69, 9.17) is 9.63 Å². The molecule has 0 aliphatic heterocycles. The molecular formula is C16H18N4O4. The maximum Gasteiger partial charge on any atom is 0.326 e. The van der Waals surface area contributed by atoms with Crippen molar-refractivity contribution in [1.29, 1.82) is 0 Å². The van der Waals surface area contributed by atoms with Crippen LogP contribution in [0, 0.1) is 5.92 Å². The molecule has 2 heterocycles. The molecule has 0 bridgehead atoms.